The molecule has 24 heavy (non-hydrogen) atoms. The van der Waals surface area contributed by atoms with Gasteiger partial charge in [0.05, 0.1) is 11.6 Å². The minimum absolute atomic E-state index is 0.105. The highest BCUT2D eigenvalue weighted by molar-refractivity contribution is 6.39. The zero-order valence-corrected chi connectivity index (χ0v) is 13.7. The van der Waals surface area contributed by atoms with Crippen LogP contribution >= 0.6 is 11.6 Å². The van der Waals surface area contributed by atoms with E-state index in [0.717, 1.165) is 5.56 Å². The van der Waals surface area contributed by atoms with Crippen LogP contribution in [0.2, 0.25) is 5.02 Å². The fraction of sp³-hybridized carbons (Fsp3) is 0.250. The van der Waals surface area contributed by atoms with E-state index in [9.17, 15) is 9.59 Å². The van der Waals surface area contributed by atoms with Gasteiger partial charge in [-0.25, -0.2) is 5.01 Å². The normalized spacial score (nSPS) is 14.5. The van der Waals surface area contributed by atoms with Crippen molar-refractivity contribution in [2.75, 3.05) is 7.05 Å². The lowest BCUT2D eigenvalue weighted by molar-refractivity contribution is -0.130. The quantitative estimate of drug-likeness (QED) is 0.919. The fourth-order valence-corrected chi connectivity index (χ4v) is 2.53. The minimum atomic E-state index is -0.329. The topological polar surface area (TPSA) is 87.8 Å². The van der Waals surface area contributed by atoms with Gasteiger partial charge in [-0.1, -0.05) is 35.0 Å². The molecule has 124 valence electrons. The average molecular weight is 347 g/mol. The van der Waals surface area contributed by atoms with Crippen LogP contribution in [-0.2, 0) is 16.1 Å². The smallest absolute Gasteiger partial charge is 0.267 e. The summed E-state index contributed by atoms with van der Waals surface area (Å²) in [6.07, 6.45) is 0.609. The summed E-state index contributed by atoms with van der Waals surface area (Å²) in [5.74, 6) is 0.0651. The van der Waals surface area contributed by atoms with Gasteiger partial charge < -0.3 is 9.84 Å². The Kier molecular flexibility index (Phi) is 4.61. The number of amides is 2. The van der Waals surface area contributed by atoms with Gasteiger partial charge in [-0.2, -0.15) is 5.10 Å². The van der Waals surface area contributed by atoms with Gasteiger partial charge >= 0.3 is 0 Å². The first-order chi connectivity index (χ1) is 11.5. The molecule has 2 heterocycles. The summed E-state index contributed by atoms with van der Waals surface area (Å²) in [6.45, 7) is 0.174. The molecular weight excluding hydrogens is 332 g/mol. The molecule has 1 aliphatic heterocycles. The van der Waals surface area contributed by atoms with Gasteiger partial charge in [0.15, 0.2) is 5.76 Å². The van der Waals surface area contributed by atoms with Crippen LogP contribution in [0.3, 0.4) is 0 Å². The number of benzene rings is 1. The molecule has 8 heteroatoms. The Bertz CT molecular complexity index is 815. The molecule has 0 unspecified atom stereocenters. The molecule has 2 amide bonds. The molecule has 0 saturated heterocycles. The van der Waals surface area contributed by atoms with Gasteiger partial charge in [0.2, 0.25) is 5.91 Å². The molecule has 0 spiro atoms. The predicted molar refractivity (Wildman–Crippen MR) is 88.2 cm³/mol. The van der Waals surface area contributed by atoms with Crippen LogP contribution in [0.1, 0.15) is 18.6 Å². The molecule has 1 aliphatic rings. The fourth-order valence-electron chi connectivity index (χ4n) is 2.29. The SMILES string of the molecule is CN1N=C(C(=O)NCc2cc(-c3ccccc3Cl)no2)CCC1=O. The second-order valence-corrected chi connectivity index (χ2v) is 5.71. The number of aromatic nitrogens is 1. The van der Waals surface area contributed by atoms with E-state index in [0.29, 0.717) is 28.6 Å². The molecule has 0 saturated carbocycles. The van der Waals surface area contributed by atoms with Gasteiger partial charge in [-0.15, -0.1) is 0 Å². The van der Waals surface area contributed by atoms with Gasteiger partial charge in [-0.3, -0.25) is 9.59 Å². The summed E-state index contributed by atoms with van der Waals surface area (Å²) >= 11 is 6.12. The van der Waals surface area contributed by atoms with Crippen molar-refractivity contribution in [3.05, 3.63) is 41.1 Å². The Labute approximate surface area is 143 Å². The molecule has 0 atom stereocenters. The van der Waals surface area contributed by atoms with Crippen LogP contribution in [0.5, 0.6) is 0 Å². The number of hydrogen-bond donors (Lipinski definition) is 1. The molecule has 3 rings (SSSR count). The van der Waals surface area contributed by atoms with E-state index < -0.39 is 0 Å². The van der Waals surface area contributed by atoms with Gasteiger partial charge in [0.1, 0.15) is 11.4 Å². The number of rotatable bonds is 4. The summed E-state index contributed by atoms with van der Waals surface area (Å²) in [5.41, 5.74) is 1.69. The molecule has 0 fully saturated rings. The average Bonchev–Trinajstić information content (AvgIpc) is 3.04. The third-order valence-electron chi connectivity index (χ3n) is 3.60. The van der Waals surface area contributed by atoms with E-state index in [1.807, 2.05) is 18.2 Å². The van der Waals surface area contributed by atoms with Crippen molar-refractivity contribution in [2.45, 2.75) is 19.4 Å². The Morgan fingerprint density at radius 2 is 2.17 bits per heavy atom. The lowest BCUT2D eigenvalue weighted by Crippen LogP contribution is -2.37. The zero-order valence-electron chi connectivity index (χ0n) is 13.0. The molecule has 0 radical (unpaired) electrons. The highest BCUT2D eigenvalue weighted by Gasteiger charge is 2.22. The van der Waals surface area contributed by atoms with Crippen LogP contribution in [-0.4, -0.2) is 34.7 Å². The number of carbonyl (C=O) groups excluding carboxylic acids is 2. The Morgan fingerprint density at radius 3 is 2.92 bits per heavy atom. The van der Waals surface area contributed by atoms with Crippen LogP contribution in [0, 0.1) is 0 Å². The maximum Gasteiger partial charge on any atom is 0.267 e. The van der Waals surface area contributed by atoms with Gasteiger partial charge in [-0.05, 0) is 6.07 Å². The monoisotopic (exact) mass is 346 g/mol. The number of carbonyl (C=O) groups is 2. The first-order valence-corrected chi connectivity index (χ1v) is 7.75. The standard InChI is InChI=1S/C16H15ClN4O3/c1-21-15(22)7-6-13(19-21)16(23)18-9-10-8-14(20-24-10)11-4-2-3-5-12(11)17/h2-5,8H,6-7,9H2,1H3,(H,18,23). The largest absolute Gasteiger partial charge is 0.359 e. The van der Waals surface area contributed by atoms with Crippen LogP contribution in [0.25, 0.3) is 11.3 Å². The summed E-state index contributed by atoms with van der Waals surface area (Å²) in [4.78, 5) is 23.5. The van der Waals surface area contributed by atoms with Crippen molar-refractivity contribution in [2.24, 2.45) is 5.10 Å². The zero-order chi connectivity index (χ0) is 17.1. The van der Waals surface area contributed by atoms with E-state index in [-0.39, 0.29) is 24.8 Å². The Hall–Kier alpha value is -2.67. The second kappa shape index (κ2) is 6.84. The van der Waals surface area contributed by atoms with Crippen molar-refractivity contribution >= 4 is 29.1 Å². The Balaban J connectivity index is 1.64. The van der Waals surface area contributed by atoms with E-state index in [1.165, 1.54) is 12.1 Å². The van der Waals surface area contributed by atoms with Crippen molar-refractivity contribution in [1.29, 1.82) is 0 Å². The van der Waals surface area contributed by atoms with Gasteiger partial charge in [0, 0.05) is 31.5 Å². The maximum atomic E-state index is 12.1. The summed E-state index contributed by atoms with van der Waals surface area (Å²) < 4.78 is 5.22. The van der Waals surface area contributed by atoms with Crippen molar-refractivity contribution < 1.29 is 14.1 Å². The third kappa shape index (κ3) is 3.46. The molecular formula is C16H15ClN4O3. The number of halogens is 1. The molecule has 1 aromatic heterocycles. The van der Waals surface area contributed by atoms with Crippen LogP contribution in [0.15, 0.2) is 40.0 Å². The Morgan fingerprint density at radius 1 is 1.38 bits per heavy atom. The summed E-state index contributed by atoms with van der Waals surface area (Å²) in [5, 5.41) is 12.4. The number of hydrogen-bond acceptors (Lipinski definition) is 5. The van der Waals surface area contributed by atoms with Crippen molar-refractivity contribution in [3.63, 3.8) is 0 Å². The molecule has 1 aromatic carbocycles. The summed E-state index contributed by atoms with van der Waals surface area (Å²) in [7, 11) is 1.53. The van der Waals surface area contributed by atoms with Crippen LogP contribution in [0.4, 0.5) is 0 Å². The van der Waals surface area contributed by atoms with E-state index in [1.54, 1.807) is 12.1 Å². The molecule has 0 bridgehead atoms. The van der Waals surface area contributed by atoms with E-state index in [2.05, 4.69) is 15.6 Å². The number of hydrazone groups is 1. The number of nitrogens with zero attached hydrogens (tertiary/aromatic N) is 3. The van der Waals surface area contributed by atoms with Gasteiger partial charge in [0.25, 0.3) is 5.91 Å². The van der Waals surface area contributed by atoms with E-state index in [4.69, 9.17) is 16.1 Å². The minimum Gasteiger partial charge on any atom is -0.359 e. The summed E-state index contributed by atoms with van der Waals surface area (Å²) in [6, 6.07) is 9.02. The van der Waals surface area contributed by atoms with Crippen LogP contribution < -0.4 is 5.32 Å². The lowest BCUT2D eigenvalue weighted by Gasteiger charge is -2.18. The van der Waals surface area contributed by atoms with Crippen molar-refractivity contribution in [1.82, 2.24) is 15.5 Å². The predicted octanol–water partition coefficient (Wildman–Crippen LogP) is 2.22. The first-order valence-electron chi connectivity index (χ1n) is 7.37. The van der Waals surface area contributed by atoms with Crippen molar-refractivity contribution in [3.8, 4) is 11.3 Å². The molecule has 2 aromatic rings. The first kappa shape index (κ1) is 16.2. The maximum absolute atomic E-state index is 12.1. The third-order valence-corrected chi connectivity index (χ3v) is 3.93. The second-order valence-electron chi connectivity index (χ2n) is 5.31. The highest BCUT2D eigenvalue weighted by Crippen LogP contribution is 2.26. The lowest BCUT2D eigenvalue weighted by atomic mass is 10.1. The van der Waals surface area contributed by atoms with E-state index >= 15 is 0 Å². The molecule has 7 nitrogen and oxygen atoms in total. The molecule has 0 aliphatic carbocycles. The highest BCUT2D eigenvalue weighted by atomic mass is 35.5. The molecule has 1 N–H and O–H groups in total. The number of nitrogens with one attached hydrogen (secondary N) is 1.